The molecule has 0 bridgehead atoms. The van der Waals surface area contributed by atoms with Crippen LogP contribution in [0, 0.1) is 0 Å². The van der Waals surface area contributed by atoms with Crippen molar-refractivity contribution < 1.29 is 4.74 Å². The minimum Gasteiger partial charge on any atom is -0.453 e. The molecule has 2 aromatic heterocycles. The molecule has 0 aliphatic carbocycles. The van der Waals surface area contributed by atoms with Gasteiger partial charge in [0.05, 0.1) is 28.1 Å². The second-order valence-corrected chi connectivity index (χ2v) is 15.4. The maximum atomic E-state index is 6.56. The Labute approximate surface area is 353 Å². The first kappa shape index (κ1) is 34.7. The van der Waals surface area contributed by atoms with E-state index in [9.17, 15) is 0 Å². The van der Waals surface area contributed by atoms with Gasteiger partial charge in [0.1, 0.15) is 5.82 Å². The fraction of sp³-hybridized carbons (Fsp3) is 0. The molecule has 0 N–H and O–H groups in total. The zero-order valence-electron chi connectivity index (χ0n) is 33.0. The summed E-state index contributed by atoms with van der Waals surface area (Å²) in [5, 5.41) is 4.70. The first-order valence-corrected chi connectivity index (χ1v) is 20.6. The largest absolute Gasteiger partial charge is 0.453 e. The molecule has 0 atom stereocenters. The standard InChI is InChI=1S/C56H36N4O/c1-4-15-37(16-5-1)38-27-29-40(30-28-38)46-36-53(58-56(57-46)41-18-6-2-7-19-41)60-48-25-14-23-45(55(48)54-44-22-11-10-17-39(44)31-33-49(54)60)42-32-34-52-50(35-42)59(43-20-8-3-9-21-43)47-24-12-13-26-51(47)61-52/h1-36H. The molecule has 61 heavy (non-hydrogen) atoms. The Morgan fingerprint density at radius 2 is 1.03 bits per heavy atom. The summed E-state index contributed by atoms with van der Waals surface area (Å²) >= 11 is 0. The van der Waals surface area contributed by atoms with Crippen LogP contribution in [0.3, 0.4) is 0 Å². The van der Waals surface area contributed by atoms with Crippen LogP contribution in [0.1, 0.15) is 0 Å². The van der Waals surface area contributed by atoms with Crippen LogP contribution in [0.25, 0.3) is 83.3 Å². The van der Waals surface area contributed by atoms with Gasteiger partial charge in [-0.2, -0.15) is 0 Å². The number of anilines is 3. The molecule has 9 aromatic carbocycles. The topological polar surface area (TPSA) is 43.2 Å². The molecule has 11 aromatic rings. The van der Waals surface area contributed by atoms with E-state index in [4.69, 9.17) is 14.7 Å². The van der Waals surface area contributed by atoms with E-state index in [-0.39, 0.29) is 0 Å². The number of para-hydroxylation sites is 3. The predicted octanol–water partition coefficient (Wildman–Crippen LogP) is 15.0. The molecule has 3 heterocycles. The number of benzene rings is 9. The van der Waals surface area contributed by atoms with Gasteiger partial charge in [-0.25, -0.2) is 9.97 Å². The lowest BCUT2D eigenvalue weighted by Crippen LogP contribution is -2.15. The fourth-order valence-electron chi connectivity index (χ4n) is 8.97. The van der Waals surface area contributed by atoms with Gasteiger partial charge in [-0.3, -0.25) is 4.57 Å². The molecular weight excluding hydrogens is 745 g/mol. The molecule has 286 valence electrons. The highest BCUT2D eigenvalue weighted by Gasteiger charge is 2.27. The molecule has 0 fully saturated rings. The zero-order chi connectivity index (χ0) is 40.3. The van der Waals surface area contributed by atoms with Gasteiger partial charge in [0.25, 0.3) is 0 Å². The Bertz CT molecular complexity index is 3430. The van der Waals surface area contributed by atoms with Gasteiger partial charge in [-0.15, -0.1) is 0 Å². The molecule has 0 spiro atoms. The predicted molar refractivity (Wildman–Crippen MR) is 250 cm³/mol. The second kappa shape index (κ2) is 14.2. The Morgan fingerprint density at radius 1 is 0.393 bits per heavy atom. The normalized spacial score (nSPS) is 12.0. The van der Waals surface area contributed by atoms with Crippen molar-refractivity contribution in [1.29, 1.82) is 0 Å². The van der Waals surface area contributed by atoms with Gasteiger partial charge >= 0.3 is 0 Å². The van der Waals surface area contributed by atoms with Crippen LogP contribution in [0.2, 0.25) is 0 Å². The highest BCUT2D eigenvalue weighted by atomic mass is 16.5. The highest BCUT2D eigenvalue weighted by Crippen LogP contribution is 2.52. The molecule has 0 saturated carbocycles. The SMILES string of the molecule is c1ccc(-c2ccc(-c3cc(-n4c5cccc(-c6ccc7c(c6)N(c6ccccc6)c6ccccc6O7)c5c5c6ccccc6ccc54)nc(-c4ccccc4)n3)cc2)cc1. The third-order valence-electron chi connectivity index (χ3n) is 11.8. The number of rotatable bonds is 6. The first-order chi connectivity index (χ1) is 30.2. The summed E-state index contributed by atoms with van der Waals surface area (Å²) in [7, 11) is 0. The van der Waals surface area contributed by atoms with Crippen molar-refractivity contribution in [2.45, 2.75) is 0 Å². The minimum atomic E-state index is 0.670. The molecule has 0 radical (unpaired) electrons. The molecule has 5 nitrogen and oxygen atoms in total. The van der Waals surface area contributed by atoms with E-state index in [1.54, 1.807) is 0 Å². The number of hydrogen-bond donors (Lipinski definition) is 0. The first-order valence-electron chi connectivity index (χ1n) is 20.6. The summed E-state index contributed by atoms with van der Waals surface area (Å²) in [6.45, 7) is 0. The van der Waals surface area contributed by atoms with E-state index >= 15 is 0 Å². The van der Waals surface area contributed by atoms with Crippen molar-refractivity contribution in [3.05, 3.63) is 218 Å². The van der Waals surface area contributed by atoms with E-state index in [1.165, 1.54) is 21.7 Å². The van der Waals surface area contributed by atoms with E-state index in [0.717, 1.165) is 84.3 Å². The third-order valence-corrected chi connectivity index (χ3v) is 11.8. The van der Waals surface area contributed by atoms with Crippen molar-refractivity contribution in [3.63, 3.8) is 0 Å². The van der Waals surface area contributed by atoms with Crippen LogP contribution in [0.15, 0.2) is 218 Å². The summed E-state index contributed by atoms with van der Waals surface area (Å²) in [5.41, 5.74) is 12.6. The molecule has 1 aliphatic heterocycles. The van der Waals surface area contributed by atoms with Crippen molar-refractivity contribution in [1.82, 2.24) is 14.5 Å². The third kappa shape index (κ3) is 5.86. The molecule has 12 rings (SSSR count). The summed E-state index contributed by atoms with van der Waals surface area (Å²) < 4.78 is 8.89. The number of aromatic nitrogens is 3. The van der Waals surface area contributed by atoms with Crippen LogP contribution in [0.5, 0.6) is 11.5 Å². The Morgan fingerprint density at radius 3 is 1.85 bits per heavy atom. The van der Waals surface area contributed by atoms with Crippen molar-refractivity contribution >= 4 is 49.6 Å². The molecule has 0 saturated heterocycles. The monoisotopic (exact) mass is 780 g/mol. The second-order valence-electron chi connectivity index (χ2n) is 15.4. The summed E-state index contributed by atoms with van der Waals surface area (Å²) in [5.74, 6) is 3.11. The molecular formula is C56H36N4O. The zero-order valence-corrected chi connectivity index (χ0v) is 33.0. The van der Waals surface area contributed by atoms with Crippen LogP contribution < -0.4 is 9.64 Å². The highest BCUT2D eigenvalue weighted by molar-refractivity contribution is 6.25. The van der Waals surface area contributed by atoms with Gasteiger partial charge in [0.15, 0.2) is 17.3 Å². The maximum absolute atomic E-state index is 6.56. The summed E-state index contributed by atoms with van der Waals surface area (Å²) in [6.07, 6.45) is 0. The molecule has 5 heteroatoms. The minimum absolute atomic E-state index is 0.670. The molecule has 0 unspecified atom stereocenters. The van der Waals surface area contributed by atoms with E-state index in [0.29, 0.717) is 5.82 Å². The average molecular weight is 781 g/mol. The van der Waals surface area contributed by atoms with Crippen molar-refractivity contribution in [3.8, 4) is 62.2 Å². The van der Waals surface area contributed by atoms with Crippen LogP contribution in [-0.4, -0.2) is 14.5 Å². The van der Waals surface area contributed by atoms with Gasteiger partial charge in [-0.05, 0) is 81.6 Å². The van der Waals surface area contributed by atoms with Crippen LogP contribution >= 0.6 is 0 Å². The lowest BCUT2D eigenvalue weighted by molar-refractivity contribution is 0.477. The van der Waals surface area contributed by atoms with Gasteiger partial charge in [-0.1, -0.05) is 164 Å². The Kier molecular flexibility index (Phi) is 8.10. The Hall–Kier alpha value is -8.28. The van der Waals surface area contributed by atoms with Crippen LogP contribution in [0.4, 0.5) is 17.1 Å². The van der Waals surface area contributed by atoms with Crippen molar-refractivity contribution in [2.24, 2.45) is 0 Å². The Balaban J connectivity index is 1.10. The van der Waals surface area contributed by atoms with Gasteiger partial charge in [0.2, 0.25) is 0 Å². The van der Waals surface area contributed by atoms with Crippen LogP contribution in [-0.2, 0) is 0 Å². The summed E-state index contributed by atoms with van der Waals surface area (Å²) in [4.78, 5) is 12.9. The fourth-order valence-corrected chi connectivity index (χ4v) is 8.97. The number of fused-ring (bicyclic) bond motifs is 7. The van der Waals surface area contributed by atoms with Crippen molar-refractivity contribution in [2.75, 3.05) is 4.90 Å². The average Bonchev–Trinajstić information content (AvgIpc) is 3.69. The van der Waals surface area contributed by atoms with Gasteiger partial charge in [0, 0.05) is 33.7 Å². The number of nitrogens with zero attached hydrogens (tertiary/aromatic N) is 4. The summed E-state index contributed by atoms with van der Waals surface area (Å²) in [6, 6.07) is 76.7. The van der Waals surface area contributed by atoms with E-state index in [1.807, 2.05) is 36.4 Å². The van der Waals surface area contributed by atoms with E-state index < -0.39 is 0 Å². The number of hydrogen-bond acceptors (Lipinski definition) is 4. The smallest absolute Gasteiger partial charge is 0.162 e. The maximum Gasteiger partial charge on any atom is 0.162 e. The van der Waals surface area contributed by atoms with E-state index in [2.05, 4.69) is 191 Å². The lowest BCUT2D eigenvalue weighted by atomic mass is 9.96. The molecule has 1 aliphatic rings. The molecule has 0 amide bonds. The quantitative estimate of drug-likeness (QED) is 0.169. The van der Waals surface area contributed by atoms with Gasteiger partial charge < -0.3 is 9.64 Å². The number of ether oxygens (including phenoxy) is 1. The lowest BCUT2D eigenvalue weighted by Gasteiger charge is -2.33.